The van der Waals surface area contributed by atoms with Crippen molar-refractivity contribution in [1.82, 2.24) is 5.32 Å². The van der Waals surface area contributed by atoms with Crippen LogP contribution < -0.4 is 5.32 Å². The standard InChI is InChI=1S/C17H13N3O2/c21-17-16(20-22)15(18-13-9-5-2-6-10-13)14(19-17)11-12-7-3-1-4-8-12/h1-11,22H,(H,19,21). The lowest BCUT2D eigenvalue weighted by Crippen LogP contribution is -2.19. The Balaban J connectivity index is 2.07. The maximum atomic E-state index is 11.9. The summed E-state index contributed by atoms with van der Waals surface area (Å²) in [6, 6.07) is 18.7. The number of amides is 1. The van der Waals surface area contributed by atoms with Crippen molar-refractivity contribution in [3.05, 3.63) is 71.9 Å². The lowest BCUT2D eigenvalue weighted by molar-refractivity contribution is -0.113. The number of rotatable bonds is 2. The van der Waals surface area contributed by atoms with Crippen molar-refractivity contribution < 1.29 is 10.0 Å². The molecule has 1 amide bonds. The summed E-state index contributed by atoms with van der Waals surface area (Å²) >= 11 is 0. The average Bonchev–Trinajstić information content (AvgIpc) is 2.84. The molecule has 2 aromatic rings. The van der Waals surface area contributed by atoms with Crippen LogP contribution in [0.15, 0.2) is 76.5 Å². The molecule has 0 radical (unpaired) electrons. The van der Waals surface area contributed by atoms with Gasteiger partial charge in [0.1, 0.15) is 5.71 Å². The summed E-state index contributed by atoms with van der Waals surface area (Å²) in [7, 11) is 0. The highest BCUT2D eigenvalue weighted by Crippen LogP contribution is 2.18. The molecule has 0 aliphatic carbocycles. The van der Waals surface area contributed by atoms with E-state index < -0.39 is 5.91 Å². The van der Waals surface area contributed by atoms with Gasteiger partial charge in [-0.3, -0.25) is 4.79 Å². The molecule has 0 atom stereocenters. The first-order chi connectivity index (χ1) is 10.8. The number of hydrogen-bond acceptors (Lipinski definition) is 4. The maximum absolute atomic E-state index is 11.9. The first-order valence-corrected chi connectivity index (χ1v) is 6.72. The van der Waals surface area contributed by atoms with Gasteiger partial charge in [0.15, 0.2) is 5.71 Å². The summed E-state index contributed by atoms with van der Waals surface area (Å²) in [6.45, 7) is 0. The molecule has 0 aromatic heterocycles. The highest BCUT2D eigenvalue weighted by molar-refractivity contribution is 6.74. The van der Waals surface area contributed by atoms with Crippen LogP contribution in [0.4, 0.5) is 5.69 Å². The molecule has 22 heavy (non-hydrogen) atoms. The largest absolute Gasteiger partial charge is 0.410 e. The van der Waals surface area contributed by atoms with E-state index in [4.69, 9.17) is 5.21 Å². The molecule has 1 aliphatic rings. The van der Waals surface area contributed by atoms with E-state index in [1.54, 1.807) is 6.08 Å². The summed E-state index contributed by atoms with van der Waals surface area (Å²) in [6.07, 6.45) is 1.79. The third kappa shape index (κ3) is 2.78. The number of allylic oxidation sites excluding steroid dienone is 1. The molecular weight excluding hydrogens is 278 g/mol. The van der Waals surface area contributed by atoms with E-state index in [0.29, 0.717) is 17.1 Å². The third-order valence-electron chi connectivity index (χ3n) is 3.15. The SMILES string of the molecule is O=C1NC(=Cc2ccccc2)C(=Nc2ccccc2)C1=NO. The Kier molecular flexibility index (Phi) is 3.78. The Hall–Kier alpha value is -3.21. The average molecular weight is 291 g/mol. The maximum Gasteiger partial charge on any atom is 0.280 e. The zero-order valence-electron chi connectivity index (χ0n) is 11.6. The number of hydrogen-bond donors (Lipinski definition) is 2. The molecule has 108 valence electrons. The monoisotopic (exact) mass is 291 g/mol. The third-order valence-corrected chi connectivity index (χ3v) is 3.15. The number of aliphatic imine (C=N–C) groups is 1. The van der Waals surface area contributed by atoms with Crippen LogP contribution in [0.3, 0.4) is 0 Å². The Labute approximate surface area is 127 Å². The van der Waals surface area contributed by atoms with Gasteiger partial charge in [0.05, 0.1) is 11.4 Å². The van der Waals surface area contributed by atoms with Gasteiger partial charge in [0.2, 0.25) is 0 Å². The van der Waals surface area contributed by atoms with Gasteiger partial charge in [-0.25, -0.2) is 4.99 Å². The molecule has 1 fully saturated rings. The number of carbonyl (C=O) groups is 1. The van der Waals surface area contributed by atoms with Crippen LogP contribution in [0.2, 0.25) is 0 Å². The topological polar surface area (TPSA) is 74.0 Å². The molecule has 0 bridgehead atoms. The van der Waals surface area contributed by atoms with Crippen molar-refractivity contribution in [2.75, 3.05) is 0 Å². The summed E-state index contributed by atoms with van der Waals surface area (Å²) in [5.74, 6) is -0.473. The van der Waals surface area contributed by atoms with Gasteiger partial charge in [0.25, 0.3) is 5.91 Å². The number of oxime groups is 1. The number of carbonyl (C=O) groups excluding carboxylic acids is 1. The van der Waals surface area contributed by atoms with Crippen molar-refractivity contribution in [2.24, 2.45) is 10.1 Å². The van der Waals surface area contributed by atoms with Crippen LogP contribution in [0, 0.1) is 0 Å². The van der Waals surface area contributed by atoms with Crippen molar-refractivity contribution >= 4 is 29.1 Å². The molecule has 1 aliphatic heterocycles. The molecule has 5 nitrogen and oxygen atoms in total. The van der Waals surface area contributed by atoms with Crippen LogP contribution in [0.5, 0.6) is 0 Å². The zero-order valence-corrected chi connectivity index (χ0v) is 11.6. The number of nitrogens with zero attached hydrogens (tertiary/aromatic N) is 2. The predicted molar refractivity (Wildman–Crippen MR) is 85.3 cm³/mol. The fourth-order valence-corrected chi connectivity index (χ4v) is 2.13. The van der Waals surface area contributed by atoms with Crippen LogP contribution in [-0.4, -0.2) is 22.5 Å². The lowest BCUT2D eigenvalue weighted by Gasteiger charge is -2.00. The minimum Gasteiger partial charge on any atom is -0.410 e. The highest BCUT2D eigenvalue weighted by Gasteiger charge is 2.31. The minimum atomic E-state index is -0.473. The summed E-state index contributed by atoms with van der Waals surface area (Å²) in [5, 5.41) is 14.8. The van der Waals surface area contributed by atoms with E-state index in [1.165, 1.54) is 0 Å². The number of benzene rings is 2. The van der Waals surface area contributed by atoms with E-state index >= 15 is 0 Å². The number of para-hydroxylation sites is 1. The minimum absolute atomic E-state index is 0.0916. The molecule has 5 heteroatoms. The fraction of sp³-hybridized carbons (Fsp3) is 0. The molecule has 0 unspecified atom stereocenters. The van der Waals surface area contributed by atoms with Gasteiger partial charge in [-0.05, 0) is 23.8 Å². The van der Waals surface area contributed by atoms with Crippen LogP contribution in [0.1, 0.15) is 5.56 Å². The normalized spacial score (nSPS) is 19.8. The second-order valence-corrected chi connectivity index (χ2v) is 4.67. The van der Waals surface area contributed by atoms with Crippen molar-refractivity contribution in [2.45, 2.75) is 0 Å². The fourth-order valence-electron chi connectivity index (χ4n) is 2.13. The quantitative estimate of drug-likeness (QED) is 0.659. The van der Waals surface area contributed by atoms with Gasteiger partial charge in [0, 0.05) is 0 Å². The Morgan fingerprint density at radius 1 is 0.909 bits per heavy atom. The molecular formula is C17H13N3O2. The van der Waals surface area contributed by atoms with E-state index in [2.05, 4.69) is 15.5 Å². The van der Waals surface area contributed by atoms with E-state index in [1.807, 2.05) is 60.7 Å². The summed E-state index contributed by atoms with van der Waals surface area (Å²) < 4.78 is 0. The Morgan fingerprint density at radius 2 is 1.55 bits per heavy atom. The van der Waals surface area contributed by atoms with Gasteiger partial charge in [-0.2, -0.15) is 0 Å². The molecule has 1 heterocycles. The van der Waals surface area contributed by atoms with Crippen LogP contribution >= 0.6 is 0 Å². The van der Waals surface area contributed by atoms with Crippen molar-refractivity contribution in [1.29, 1.82) is 0 Å². The Bertz CT molecular complexity index is 778. The zero-order chi connectivity index (χ0) is 15.4. The first-order valence-electron chi connectivity index (χ1n) is 6.72. The van der Waals surface area contributed by atoms with Crippen molar-refractivity contribution in [3.8, 4) is 0 Å². The highest BCUT2D eigenvalue weighted by atomic mass is 16.4. The molecule has 2 N–H and O–H groups in total. The lowest BCUT2D eigenvalue weighted by atomic mass is 10.1. The molecule has 3 rings (SSSR count). The van der Waals surface area contributed by atoms with E-state index in [9.17, 15) is 4.79 Å². The summed E-state index contributed by atoms with van der Waals surface area (Å²) in [5.41, 5.74) is 2.33. The van der Waals surface area contributed by atoms with Gasteiger partial charge >= 0.3 is 0 Å². The van der Waals surface area contributed by atoms with Crippen LogP contribution in [-0.2, 0) is 4.79 Å². The van der Waals surface area contributed by atoms with E-state index in [0.717, 1.165) is 5.56 Å². The molecule has 1 saturated heterocycles. The molecule has 0 saturated carbocycles. The Morgan fingerprint density at radius 3 is 2.18 bits per heavy atom. The van der Waals surface area contributed by atoms with Crippen LogP contribution in [0.25, 0.3) is 6.08 Å². The smallest absolute Gasteiger partial charge is 0.280 e. The van der Waals surface area contributed by atoms with Crippen molar-refractivity contribution in [3.63, 3.8) is 0 Å². The second kappa shape index (κ2) is 6.05. The molecule has 0 spiro atoms. The van der Waals surface area contributed by atoms with Gasteiger partial charge in [-0.1, -0.05) is 53.7 Å². The van der Waals surface area contributed by atoms with Gasteiger partial charge < -0.3 is 10.5 Å². The first kappa shape index (κ1) is 13.8. The summed E-state index contributed by atoms with van der Waals surface area (Å²) in [4.78, 5) is 16.3. The number of nitrogens with one attached hydrogen (secondary N) is 1. The van der Waals surface area contributed by atoms with E-state index in [-0.39, 0.29) is 5.71 Å². The second-order valence-electron chi connectivity index (χ2n) is 4.67. The molecule has 2 aromatic carbocycles. The van der Waals surface area contributed by atoms with Gasteiger partial charge in [-0.15, -0.1) is 0 Å². The predicted octanol–water partition coefficient (Wildman–Crippen LogP) is 2.76.